The van der Waals surface area contributed by atoms with Gasteiger partial charge >= 0.3 is 0 Å². The summed E-state index contributed by atoms with van der Waals surface area (Å²) in [4.78, 5) is 14.5. The van der Waals surface area contributed by atoms with E-state index in [2.05, 4.69) is 15.3 Å². The first kappa shape index (κ1) is 18.4. The van der Waals surface area contributed by atoms with Crippen LogP contribution in [0.2, 0.25) is 0 Å². The van der Waals surface area contributed by atoms with Crippen LogP contribution in [0, 0.1) is 6.92 Å². The van der Waals surface area contributed by atoms with Crippen molar-refractivity contribution in [1.29, 1.82) is 0 Å². The number of likely N-dealkylation sites (N-methyl/N-ethyl adjacent to an activating group) is 1. The van der Waals surface area contributed by atoms with Gasteiger partial charge < -0.3 is 15.8 Å². The summed E-state index contributed by atoms with van der Waals surface area (Å²) in [7, 11) is 1.65. The van der Waals surface area contributed by atoms with Gasteiger partial charge in [0.05, 0.1) is 25.0 Å². The number of aromatic nitrogens is 2. The summed E-state index contributed by atoms with van der Waals surface area (Å²) in [6.45, 7) is 5.99. The number of rotatable bonds is 6. The molecule has 1 aromatic heterocycles. The molecule has 0 bridgehead atoms. The summed E-state index contributed by atoms with van der Waals surface area (Å²) in [6.07, 6.45) is 2.57. The third-order valence-electron chi connectivity index (χ3n) is 4.89. The molecule has 2 atom stereocenters. The third kappa shape index (κ3) is 3.73. The van der Waals surface area contributed by atoms with Crippen molar-refractivity contribution in [2.45, 2.75) is 38.9 Å². The van der Waals surface area contributed by atoms with Gasteiger partial charge in [0.1, 0.15) is 5.75 Å². The first-order valence-corrected chi connectivity index (χ1v) is 8.98. The minimum Gasteiger partial charge on any atom is -0.497 e. The van der Waals surface area contributed by atoms with E-state index in [4.69, 9.17) is 10.5 Å². The van der Waals surface area contributed by atoms with Gasteiger partial charge in [0.15, 0.2) is 0 Å². The monoisotopic (exact) mass is 357 g/mol. The van der Waals surface area contributed by atoms with E-state index in [1.807, 2.05) is 49.0 Å². The van der Waals surface area contributed by atoms with E-state index < -0.39 is 0 Å². The van der Waals surface area contributed by atoms with Crippen LogP contribution in [0.25, 0.3) is 5.69 Å². The number of hydrogen-bond donors (Lipinski definition) is 2. The number of amides is 1. The fourth-order valence-electron chi connectivity index (χ4n) is 3.48. The molecule has 1 amide bonds. The van der Waals surface area contributed by atoms with Gasteiger partial charge in [0.2, 0.25) is 5.91 Å². The van der Waals surface area contributed by atoms with E-state index in [1.54, 1.807) is 7.11 Å². The Morgan fingerprint density at radius 1 is 1.38 bits per heavy atom. The smallest absolute Gasteiger partial charge is 0.237 e. The largest absolute Gasteiger partial charge is 0.497 e. The van der Waals surface area contributed by atoms with Gasteiger partial charge in [-0.1, -0.05) is 0 Å². The zero-order valence-corrected chi connectivity index (χ0v) is 15.6. The molecule has 1 aromatic carbocycles. The Labute approximate surface area is 154 Å². The second-order valence-electron chi connectivity index (χ2n) is 6.70. The van der Waals surface area contributed by atoms with E-state index in [0.717, 1.165) is 29.2 Å². The quantitative estimate of drug-likeness (QED) is 0.812. The molecule has 2 aromatic rings. The lowest BCUT2D eigenvalue weighted by Gasteiger charge is -2.23. The number of hydrogen-bond acceptors (Lipinski definition) is 5. The highest BCUT2D eigenvalue weighted by molar-refractivity contribution is 5.82. The first-order chi connectivity index (χ1) is 12.5. The minimum absolute atomic E-state index is 0.0274. The number of nitrogens with zero attached hydrogens (tertiary/aromatic N) is 3. The topological polar surface area (TPSA) is 85.4 Å². The molecule has 7 nitrogen and oxygen atoms in total. The fourth-order valence-corrected chi connectivity index (χ4v) is 3.48. The first-order valence-electron chi connectivity index (χ1n) is 8.98. The second-order valence-corrected chi connectivity index (χ2v) is 6.70. The maximum absolute atomic E-state index is 12.3. The highest BCUT2D eigenvalue weighted by Crippen LogP contribution is 2.23. The van der Waals surface area contributed by atoms with Crippen molar-refractivity contribution in [2.75, 3.05) is 20.2 Å². The van der Waals surface area contributed by atoms with Crippen molar-refractivity contribution in [3.63, 3.8) is 0 Å². The Morgan fingerprint density at radius 2 is 2.12 bits per heavy atom. The van der Waals surface area contributed by atoms with Gasteiger partial charge in [-0.05, 0) is 44.5 Å². The molecule has 0 aliphatic carbocycles. The van der Waals surface area contributed by atoms with Gasteiger partial charge in [-0.15, -0.1) is 0 Å². The molecule has 0 saturated carbocycles. The average Bonchev–Trinajstić information content (AvgIpc) is 3.19. The van der Waals surface area contributed by atoms with Gasteiger partial charge in [-0.3, -0.25) is 9.69 Å². The van der Waals surface area contributed by atoms with E-state index >= 15 is 0 Å². The second kappa shape index (κ2) is 7.88. The maximum atomic E-state index is 12.3. The lowest BCUT2D eigenvalue weighted by Crippen LogP contribution is -2.42. The highest BCUT2D eigenvalue weighted by atomic mass is 16.5. The predicted molar refractivity (Wildman–Crippen MR) is 100 cm³/mol. The number of methoxy groups -OCH3 is 1. The van der Waals surface area contributed by atoms with Crippen molar-refractivity contribution in [3.05, 3.63) is 41.7 Å². The molecule has 7 heteroatoms. The van der Waals surface area contributed by atoms with Crippen LogP contribution in [-0.4, -0.2) is 52.9 Å². The van der Waals surface area contributed by atoms with Gasteiger partial charge in [-0.25, -0.2) is 4.68 Å². The molecule has 3 rings (SSSR count). The van der Waals surface area contributed by atoms with Gasteiger partial charge in [-0.2, -0.15) is 5.10 Å². The molecular formula is C19H27N5O2. The van der Waals surface area contributed by atoms with Crippen molar-refractivity contribution in [3.8, 4) is 11.4 Å². The number of nitrogens with two attached hydrogens (primary N) is 1. The third-order valence-corrected chi connectivity index (χ3v) is 4.89. The Hall–Kier alpha value is -2.38. The number of nitrogens with one attached hydrogen (secondary N) is 1. The van der Waals surface area contributed by atoms with Crippen molar-refractivity contribution in [2.24, 2.45) is 5.73 Å². The molecule has 1 aliphatic rings. The SMILES string of the molecule is CCNC(=O)[C@@H]1C[C@@H](N)CN1Cc1cnn(-c2ccc(OC)cc2)c1C. The normalized spacial score (nSPS) is 20.3. The predicted octanol–water partition coefficient (Wildman–Crippen LogP) is 1.23. The van der Waals surface area contributed by atoms with E-state index in [-0.39, 0.29) is 18.0 Å². The van der Waals surface area contributed by atoms with Crippen molar-refractivity contribution in [1.82, 2.24) is 20.0 Å². The van der Waals surface area contributed by atoms with Crippen LogP contribution < -0.4 is 15.8 Å². The Bertz CT molecular complexity index is 756. The Balaban J connectivity index is 1.77. The zero-order chi connectivity index (χ0) is 18.7. The van der Waals surface area contributed by atoms with Crippen LogP contribution in [0.5, 0.6) is 5.75 Å². The molecule has 3 N–H and O–H groups in total. The zero-order valence-electron chi connectivity index (χ0n) is 15.6. The Kier molecular flexibility index (Phi) is 5.58. The summed E-state index contributed by atoms with van der Waals surface area (Å²) in [6, 6.07) is 7.65. The summed E-state index contributed by atoms with van der Waals surface area (Å²) < 4.78 is 7.12. The molecule has 1 saturated heterocycles. The molecule has 26 heavy (non-hydrogen) atoms. The van der Waals surface area contributed by atoms with Crippen LogP contribution in [0.4, 0.5) is 0 Å². The molecule has 0 radical (unpaired) electrons. The van der Waals surface area contributed by atoms with Gasteiger partial charge in [0.25, 0.3) is 0 Å². The molecule has 0 spiro atoms. The van der Waals surface area contributed by atoms with E-state index in [0.29, 0.717) is 19.5 Å². The standard InChI is InChI=1S/C19H27N5O2/c1-4-21-19(25)18-9-15(20)12-23(18)11-14-10-22-24(13(14)2)16-5-7-17(26-3)8-6-16/h5-8,10,15,18H,4,9,11-12,20H2,1-3H3,(H,21,25)/t15-,18+/m1/s1. The number of benzene rings is 1. The number of carbonyl (C=O) groups is 1. The number of ether oxygens (including phenoxy) is 1. The summed E-state index contributed by atoms with van der Waals surface area (Å²) >= 11 is 0. The Morgan fingerprint density at radius 3 is 2.77 bits per heavy atom. The van der Waals surface area contributed by atoms with Crippen LogP contribution in [0.3, 0.4) is 0 Å². The van der Waals surface area contributed by atoms with Crippen molar-refractivity contribution >= 4 is 5.91 Å². The molecule has 2 heterocycles. The van der Waals surface area contributed by atoms with Crippen LogP contribution in [0.1, 0.15) is 24.6 Å². The average molecular weight is 357 g/mol. The fraction of sp³-hybridized carbons (Fsp3) is 0.474. The number of likely N-dealkylation sites (tertiary alicyclic amines) is 1. The van der Waals surface area contributed by atoms with E-state index in [9.17, 15) is 4.79 Å². The van der Waals surface area contributed by atoms with Crippen LogP contribution in [0.15, 0.2) is 30.5 Å². The summed E-state index contributed by atoms with van der Waals surface area (Å²) in [5.41, 5.74) is 9.25. The van der Waals surface area contributed by atoms with Gasteiger partial charge in [0, 0.05) is 36.9 Å². The highest BCUT2D eigenvalue weighted by Gasteiger charge is 2.35. The van der Waals surface area contributed by atoms with Crippen molar-refractivity contribution < 1.29 is 9.53 Å². The lowest BCUT2D eigenvalue weighted by molar-refractivity contribution is -0.125. The molecule has 0 unspecified atom stereocenters. The molecule has 1 fully saturated rings. The molecule has 140 valence electrons. The summed E-state index contributed by atoms with van der Waals surface area (Å²) in [5, 5.41) is 7.44. The molecule has 1 aliphatic heterocycles. The van der Waals surface area contributed by atoms with Crippen LogP contribution >= 0.6 is 0 Å². The van der Waals surface area contributed by atoms with Crippen LogP contribution in [-0.2, 0) is 11.3 Å². The summed E-state index contributed by atoms with van der Waals surface area (Å²) in [5.74, 6) is 0.871. The number of carbonyl (C=O) groups excluding carboxylic acids is 1. The minimum atomic E-state index is -0.173. The lowest BCUT2D eigenvalue weighted by atomic mass is 10.1. The maximum Gasteiger partial charge on any atom is 0.237 e. The molecular weight excluding hydrogens is 330 g/mol. The van der Waals surface area contributed by atoms with E-state index in [1.165, 1.54) is 0 Å².